The van der Waals surface area contributed by atoms with E-state index >= 15 is 0 Å². The van der Waals surface area contributed by atoms with Gasteiger partial charge in [0.2, 0.25) is 0 Å². The highest BCUT2D eigenvalue weighted by Crippen LogP contribution is 2.19. The predicted molar refractivity (Wildman–Crippen MR) is 123 cm³/mol. The van der Waals surface area contributed by atoms with E-state index in [1.54, 1.807) is 0 Å². The van der Waals surface area contributed by atoms with Gasteiger partial charge in [0.05, 0.1) is 0 Å². The average molecular weight is 424 g/mol. The molecule has 4 heterocycles. The van der Waals surface area contributed by atoms with Crippen LogP contribution in [0.2, 0.25) is 0 Å². The summed E-state index contributed by atoms with van der Waals surface area (Å²) >= 11 is 0. The number of hydrogen-bond acceptors (Lipinski definition) is 6. The number of aromatic nitrogens is 3. The smallest absolute Gasteiger partial charge is 0.317 e. The number of nitrogens with zero attached hydrogens (tertiary/aromatic N) is 6. The zero-order valence-electron chi connectivity index (χ0n) is 18.8. The Kier molecular flexibility index (Phi) is 6.53. The molecule has 0 aromatic carbocycles. The fourth-order valence-corrected chi connectivity index (χ4v) is 4.08. The van der Waals surface area contributed by atoms with Gasteiger partial charge in [0.1, 0.15) is 17.5 Å². The van der Waals surface area contributed by atoms with Crippen molar-refractivity contribution in [2.75, 3.05) is 49.1 Å². The molecule has 4 rings (SSSR count). The quantitative estimate of drug-likeness (QED) is 0.797. The largest absolute Gasteiger partial charge is 0.357 e. The first-order valence-corrected chi connectivity index (χ1v) is 11.3. The molecule has 0 spiro atoms. The lowest BCUT2D eigenvalue weighted by Crippen LogP contribution is -2.52. The molecular formula is C23H33N7O. The molecule has 166 valence electrons. The van der Waals surface area contributed by atoms with Crippen LogP contribution in [-0.4, -0.2) is 65.2 Å². The summed E-state index contributed by atoms with van der Waals surface area (Å²) in [6.45, 7) is 11.8. The molecule has 2 aliphatic heterocycles. The van der Waals surface area contributed by atoms with E-state index in [-0.39, 0.29) is 6.03 Å². The Bertz CT molecular complexity index is 885. The van der Waals surface area contributed by atoms with Gasteiger partial charge in [-0.1, -0.05) is 19.9 Å². The van der Waals surface area contributed by atoms with Crippen LogP contribution in [0.5, 0.6) is 0 Å². The first kappa shape index (κ1) is 21.3. The third-order valence-electron chi connectivity index (χ3n) is 5.95. The van der Waals surface area contributed by atoms with Crippen LogP contribution < -0.4 is 15.1 Å². The molecule has 0 unspecified atom stereocenters. The number of piperazine rings is 1. The molecule has 2 aromatic rings. The molecule has 31 heavy (non-hydrogen) atoms. The summed E-state index contributed by atoms with van der Waals surface area (Å²) in [5.74, 6) is 3.16. The highest BCUT2D eigenvalue weighted by molar-refractivity contribution is 5.74. The minimum absolute atomic E-state index is 0.0231. The highest BCUT2D eigenvalue weighted by atomic mass is 16.2. The minimum Gasteiger partial charge on any atom is -0.357 e. The Labute approximate surface area is 184 Å². The van der Waals surface area contributed by atoms with Crippen molar-refractivity contribution in [1.82, 2.24) is 25.2 Å². The second-order valence-electron chi connectivity index (χ2n) is 8.73. The van der Waals surface area contributed by atoms with E-state index in [2.05, 4.69) is 51.1 Å². The molecule has 2 saturated heterocycles. The van der Waals surface area contributed by atoms with Gasteiger partial charge in [-0.15, -0.1) is 0 Å². The summed E-state index contributed by atoms with van der Waals surface area (Å²) < 4.78 is 0. The van der Waals surface area contributed by atoms with Crippen molar-refractivity contribution < 1.29 is 4.79 Å². The van der Waals surface area contributed by atoms with Crippen LogP contribution in [0.1, 0.15) is 49.7 Å². The maximum Gasteiger partial charge on any atom is 0.317 e. The van der Waals surface area contributed by atoms with Crippen LogP contribution in [0.4, 0.5) is 16.4 Å². The normalized spacial score (nSPS) is 16.8. The third-order valence-corrected chi connectivity index (χ3v) is 5.95. The lowest BCUT2D eigenvalue weighted by atomic mass is 10.2. The summed E-state index contributed by atoms with van der Waals surface area (Å²) in [7, 11) is 0. The van der Waals surface area contributed by atoms with Crippen LogP contribution in [-0.2, 0) is 6.54 Å². The summed E-state index contributed by atoms with van der Waals surface area (Å²) in [6, 6.07) is 6.12. The van der Waals surface area contributed by atoms with E-state index in [0.29, 0.717) is 25.6 Å². The summed E-state index contributed by atoms with van der Waals surface area (Å²) in [5.41, 5.74) is 2.01. The standard InChI is InChI=1S/C23H33N7O/c1-17(2)22-26-18(3)14-21(27-22)29-10-12-30(13-11-29)23(31)25-16-19-6-7-20(24-15-19)28-8-4-5-9-28/h6-7,14-15,17H,4-5,8-13,16H2,1-3H3,(H,25,31). The molecule has 0 atom stereocenters. The molecule has 8 nitrogen and oxygen atoms in total. The third kappa shape index (κ3) is 5.24. The fourth-order valence-electron chi connectivity index (χ4n) is 4.08. The van der Waals surface area contributed by atoms with Gasteiger partial charge in [-0.2, -0.15) is 0 Å². The molecule has 1 N–H and O–H groups in total. The lowest BCUT2D eigenvalue weighted by molar-refractivity contribution is 0.194. The van der Waals surface area contributed by atoms with Crippen LogP contribution in [0, 0.1) is 6.92 Å². The van der Waals surface area contributed by atoms with Crippen molar-refractivity contribution >= 4 is 17.7 Å². The number of urea groups is 1. The number of carbonyl (C=O) groups excluding carboxylic acids is 1. The number of anilines is 2. The van der Waals surface area contributed by atoms with E-state index < -0.39 is 0 Å². The first-order chi connectivity index (χ1) is 15.0. The number of aryl methyl sites for hydroxylation is 1. The van der Waals surface area contributed by atoms with E-state index in [9.17, 15) is 4.79 Å². The van der Waals surface area contributed by atoms with Crippen molar-refractivity contribution in [3.05, 3.63) is 41.5 Å². The van der Waals surface area contributed by atoms with Gasteiger partial charge in [-0.25, -0.2) is 19.7 Å². The van der Waals surface area contributed by atoms with Gasteiger partial charge in [0.15, 0.2) is 0 Å². The predicted octanol–water partition coefficient (Wildman–Crippen LogP) is 2.94. The van der Waals surface area contributed by atoms with Crippen molar-refractivity contribution in [2.24, 2.45) is 0 Å². The fraction of sp³-hybridized carbons (Fsp3) is 0.565. The van der Waals surface area contributed by atoms with Crippen LogP contribution in [0.15, 0.2) is 24.4 Å². The molecule has 8 heteroatoms. The van der Waals surface area contributed by atoms with Gasteiger partial charge in [0.25, 0.3) is 0 Å². The molecule has 0 aliphatic carbocycles. The van der Waals surface area contributed by atoms with Crippen molar-refractivity contribution in [1.29, 1.82) is 0 Å². The topological polar surface area (TPSA) is 77.5 Å². The second-order valence-corrected chi connectivity index (χ2v) is 8.73. The Balaban J connectivity index is 1.27. The summed E-state index contributed by atoms with van der Waals surface area (Å²) in [5, 5.41) is 3.03. The maximum absolute atomic E-state index is 12.6. The number of nitrogens with one attached hydrogen (secondary N) is 1. The zero-order chi connectivity index (χ0) is 21.8. The molecule has 2 amide bonds. The molecular weight excluding hydrogens is 390 g/mol. The lowest BCUT2D eigenvalue weighted by Gasteiger charge is -2.35. The second kappa shape index (κ2) is 9.49. The van der Waals surface area contributed by atoms with Crippen molar-refractivity contribution in [3.63, 3.8) is 0 Å². The summed E-state index contributed by atoms with van der Waals surface area (Å²) in [4.78, 5) is 32.9. The number of rotatable bonds is 5. The van der Waals surface area contributed by atoms with Crippen LogP contribution in [0.25, 0.3) is 0 Å². The van der Waals surface area contributed by atoms with Gasteiger partial charge in [-0.05, 0) is 31.4 Å². The van der Waals surface area contributed by atoms with E-state index in [1.165, 1.54) is 12.8 Å². The zero-order valence-corrected chi connectivity index (χ0v) is 18.8. The highest BCUT2D eigenvalue weighted by Gasteiger charge is 2.22. The van der Waals surface area contributed by atoms with Gasteiger partial charge in [-0.3, -0.25) is 0 Å². The van der Waals surface area contributed by atoms with Crippen LogP contribution in [0.3, 0.4) is 0 Å². The molecule has 0 radical (unpaired) electrons. The Hall–Kier alpha value is -2.90. The van der Waals surface area contributed by atoms with Crippen LogP contribution >= 0.6 is 0 Å². The number of hydrogen-bond donors (Lipinski definition) is 1. The number of carbonyl (C=O) groups is 1. The molecule has 0 saturated carbocycles. The Morgan fingerprint density at radius 2 is 1.71 bits per heavy atom. The first-order valence-electron chi connectivity index (χ1n) is 11.3. The van der Waals surface area contributed by atoms with E-state index in [1.807, 2.05) is 24.1 Å². The van der Waals surface area contributed by atoms with Crippen molar-refractivity contribution in [2.45, 2.75) is 46.1 Å². The maximum atomic E-state index is 12.6. The average Bonchev–Trinajstić information content (AvgIpc) is 3.32. The Morgan fingerprint density at radius 1 is 1.00 bits per heavy atom. The number of amides is 2. The molecule has 2 aromatic heterocycles. The minimum atomic E-state index is -0.0231. The van der Waals surface area contributed by atoms with Crippen molar-refractivity contribution in [3.8, 4) is 0 Å². The van der Waals surface area contributed by atoms with E-state index in [4.69, 9.17) is 4.98 Å². The number of pyridine rings is 1. The van der Waals surface area contributed by atoms with Gasteiger partial charge >= 0.3 is 6.03 Å². The monoisotopic (exact) mass is 423 g/mol. The van der Waals surface area contributed by atoms with E-state index in [0.717, 1.165) is 54.9 Å². The SMILES string of the molecule is Cc1cc(N2CCN(C(=O)NCc3ccc(N4CCCC4)nc3)CC2)nc(C(C)C)n1. The molecule has 2 fully saturated rings. The molecule has 0 bridgehead atoms. The van der Waals surface area contributed by atoms with Gasteiger partial charge < -0.3 is 20.0 Å². The Morgan fingerprint density at radius 3 is 2.35 bits per heavy atom. The molecule has 2 aliphatic rings. The summed E-state index contributed by atoms with van der Waals surface area (Å²) in [6.07, 6.45) is 4.35. The van der Waals surface area contributed by atoms with Gasteiger partial charge in [0, 0.05) is 69.7 Å².